The summed E-state index contributed by atoms with van der Waals surface area (Å²) < 4.78 is 20.9. The van der Waals surface area contributed by atoms with Crippen molar-refractivity contribution in [2.75, 3.05) is 12.4 Å². The monoisotopic (exact) mass is 399 g/mol. The number of halogens is 1. The molecule has 0 fully saturated rings. The minimum atomic E-state index is -0.524. The lowest BCUT2D eigenvalue weighted by molar-refractivity contribution is -0.119. The molecule has 1 unspecified atom stereocenters. The lowest BCUT2D eigenvalue weighted by atomic mass is 10.1. The lowest BCUT2D eigenvalue weighted by Gasteiger charge is -2.19. The van der Waals surface area contributed by atoms with E-state index in [1.54, 1.807) is 24.5 Å². The smallest absolute Gasteiger partial charge is 0.231 e. The topological polar surface area (TPSA) is 56.1 Å². The predicted octanol–water partition coefficient (Wildman–Crippen LogP) is 3.96. The van der Waals surface area contributed by atoms with Gasteiger partial charge in [0.1, 0.15) is 23.4 Å². The van der Waals surface area contributed by atoms with E-state index in [4.69, 9.17) is 4.74 Å². The van der Waals surface area contributed by atoms with Crippen LogP contribution >= 0.6 is 11.8 Å². The Hall–Kier alpha value is -2.80. The van der Waals surface area contributed by atoms with Crippen molar-refractivity contribution in [2.24, 2.45) is 7.05 Å². The molecule has 3 aromatic rings. The molecule has 146 valence electrons. The van der Waals surface area contributed by atoms with Gasteiger partial charge >= 0.3 is 0 Å². The number of hydrogen-bond donors (Lipinski definition) is 1. The Morgan fingerprint density at radius 1 is 1.29 bits per heavy atom. The van der Waals surface area contributed by atoms with Gasteiger partial charge < -0.3 is 14.6 Å². The Balaban J connectivity index is 1.68. The molecule has 0 aliphatic rings. The molecule has 2 aromatic carbocycles. The maximum atomic E-state index is 13.7. The number of ether oxygens (including phenoxy) is 1. The number of nitrogens with one attached hydrogen (secondary N) is 1. The number of carbonyl (C=O) groups is 1. The van der Waals surface area contributed by atoms with Gasteiger partial charge in [-0.05, 0) is 48.9 Å². The molecule has 0 saturated heterocycles. The Kier molecular flexibility index (Phi) is 6.71. The second-order valence-electron chi connectivity index (χ2n) is 6.14. The summed E-state index contributed by atoms with van der Waals surface area (Å²) in [6, 6.07) is 13.3. The van der Waals surface area contributed by atoms with Gasteiger partial charge in [-0.25, -0.2) is 9.37 Å². The van der Waals surface area contributed by atoms with Crippen LogP contribution in [0.25, 0.3) is 0 Å². The Bertz CT molecular complexity index is 927. The molecule has 0 aliphatic heterocycles. The Labute approximate surface area is 167 Å². The van der Waals surface area contributed by atoms with Gasteiger partial charge in [0, 0.05) is 24.3 Å². The van der Waals surface area contributed by atoms with E-state index < -0.39 is 6.04 Å². The fourth-order valence-corrected chi connectivity index (χ4v) is 3.50. The van der Waals surface area contributed by atoms with Crippen LogP contribution in [-0.2, 0) is 11.8 Å². The van der Waals surface area contributed by atoms with Gasteiger partial charge in [0.05, 0.1) is 12.4 Å². The minimum absolute atomic E-state index is 0.156. The average molecular weight is 399 g/mol. The average Bonchev–Trinajstić information content (AvgIpc) is 3.11. The number of carbonyl (C=O) groups excluding carboxylic acids is 1. The fourth-order valence-electron chi connectivity index (χ4n) is 2.79. The summed E-state index contributed by atoms with van der Waals surface area (Å²) in [5, 5.41) is 2.97. The number of nitrogens with zero attached hydrogens (tertiary/aromatic N) is 2. The molecular weight excluding hydrogens is 377 g/mol. The number of rotatable bonds is 8. The van der Waals surface area contributed by atoms with E-state index >= 15 is 0 Å². The van der Waals surface area contributed by atoms with E-state index in [1.807, 2.05) is 42.8 Å². The number of hydrogen-bond acceptors (Lipinski definition) is 4. The maximum Gasteiger partial charge on any atom is 0.231 e. The quantitative estimate of drug-likeness (QED) is 0.583. The molecule has 0 radical (unpaired) electrons. The molecule has 1 heterocycles. The second kappa shape index (κ2) is 9.41. The van der Waals surface area contributed by atoms with Gasteiger partial charge in [0.2, 0.25) is 5.91 Å². The van der Waals surface area contributed by atoms with Gasteiger partial charge in [0.25, 0.3) is 0 Å². The molecule has 7 heteroatoms. The van der Waals surface area contributed by atoms with E-state index in [2.05, 4.69) is 10.3 Å². The standard InChI is InChI=1S/C21H22FN3O2S/c1-3-27-17-7-9-18(10-8-17)28-14-19(26)24-20(21-23-11-12-25(21)2)15-5-4-6-16(22)13-15/h4-13,20H,3,14H2,1-2H3,(H,24,26). The zero-order valence-corrected chi connectivity index (χ0v) is 16.6. The zero-order valence-electron chi connectivity index (χ0n) is 15.8. The molecule has 5 nitrogen and oxygen atoms in total. The summed E-state index contributed by atoms with van der Waals surface area (Å²) in [6.07, 6.45) is 3.45. The highest BCUT2D eigenvalue weighted by Gasteiger charge is 2.21. The van der Waals surface area contributed by atoms with Crippen molar-refractivity contribution in [1.29, 1.82) is 0 Å². The fraction of sp³-hybridized carbons (Fsp3) is 0.238. The molecule has 0 saturated carbocycles. The van der Waals surface area contributed by atoms with Crippen LogP contribution in [0, 0.1) is 5.82 Å². The second-order valence-corrected chi connectivity index (χ2v) is 7.19. The van der Waals surface area contributed by atoms with Crippen LogP contribution in [0.4, 0.5) is 4.39 Å². The van der Waals surface area contributed by atoms with Crippen molar-refractivity contribution in [3.63, 3.8) is 0 Å². The summed E-state index contributed by atoms with van der Waals surface area (Å²) in [7, 11) is 1.84. The molecule has 3 rings (SSSR count). The van der Waals surface area contributed by atoms with Crippen LogP contribution in [0.3, 0.4) is 0 Å². The van der Waals surface area contributed by atoms with E-state index in [1.165, 1.54) is 23.9 Å². The first-order chi connectivity index (χ1) is 13.6. The normalized spacial score (nSPS) is 11.8. The summed E-state index contributed by atoms with van der Waals surface area (Å²) in [5.41, 5.74) is 0.647. The first-order valence-corrected chi connectivity index (χ1v) is 9.93. The largest absolute Gasteiger partial charge is 0.494 e. The summed E-state index contributed by atoms with van der Waals surface area (Å²) in [4.78, 5) is 17.9. The van der Waals surface area contributed by atoms with Gasteiger partial charge in [-0.3, -0.25) is 4.79 Å². The minimum Gasteiger partial charge on any atom is -0.494 e. The highest BCUT2D eigenvalue weighted by Crippen LogP contribution is 2.24. The number of aromatic nitrogens is 2. The van der Waals surface area contributed by atoms with E-state index in [-0.39, 0.29) is 17.5 Å². The SMILES string of the molecule is CCOc1ccc(SCC(=O)NC(c2cccc(F)c2)c2nccn2C)cc1. The summed E-state index contributed by atoms with van der Waals surface area (Å²) in [5.74, 6) is 1.18. The Morgan fingerprint density at radius 3 is 2.71 bits per heavy atom. The van der Waals surface area contributed by atoms with Crippen molar-refractivity contribution in [3.05, 3.63) is 78.1 Å². The molecule has 0 bridgehead atoms. The first-order valence-electron chi connectivity index (χ1n) is 8.94. The highest BCUT2D eigenvalue weighted by atomic mass is 32.2. The first kappa shape index (κ1) is 19.9. The van der Waals surface area contributed by atoms with Gasteiger partial charge in [-0.1, -0.05) is 12.1 Å². The molecule has 28 heavy (non-hydrogen) atoms. The van der Waals surface area contributed by atoms with Crippen LogP contribution in [0.1, 0.15) is 24.4 Å². The van der Waals surface area contributed by atoms with Crippen LogP contribution in [-0.4, -0.2) is 27.8 Å². The molecular formula is C21H22FN3O2S. The van der Waals surface area contributed by atoms with Crippen LogP contribution in [0.5, 0.6) is 5.75 Å². The number of imidazole rings is 1. The van der Waals surface area contributed by atoms with Crippen molar-refractivity contribution in [2.45, 2.75) is 17.9 Å². The predicted molar refractivity (Wildman–Crippen MR) is 108 cm³/mol. The summed E-state index contributed by atoms with van der Waals surface area (Å²) in [6.45, 7) is 2.55. The molecule has 0 aliphatic carbocycles. The van der Waals surface area contributed by atoms with Crippen molar-refractivity contribution in [1.82, 2.24) is 14.9 Å². The number of benzene rings is 2. The third-order valence-electron chi connectivity index (χ3n) is 4.11. The van der Waals surface area contributed by atoms with Gasteiger partial charge in [-0.2, -0.15) is 0 Å². The van der Waals surface area contributed by atoms with E-state index in [9.17, 15) is 9.18 Å². The molecule has 1 aromatic heterocycles. The van der Waals surface area contributed by atoms with E-state index in [0.29, 0.717) is 18.0 Å². The van der Waals surface area contributed by atoms with Crippen LogP contribution < -0.4 is 10.1 Å². The third kappa shape index (κ3) is 5.13. The molecule has 1 N–H and O–H groups in total. The van der Waals surface area contributed by atoms with Crippen LogP contribution in [0.15, 0.2) is 65.8 Å². The number of aryl methyl sites for hydroxylation is 1. The van der Waals surface area contributed by atoms with Gasteiger partial charge in [-0.15, -0.1) is 11.8 Å². The molecule has 1 atom stereocenters. The van der Waals surface area contributed by atoms with E-state index in [0.717, 1.165) is 10.6 Å². The Morgan fingerprint density at radius 2 is 2.07 bits per heavy atom. The van der Waals surface area contributed by atoms with Crippen LogP contribution in [0.2, 0.25) is 0 Å². The van der Waals surface area contributed by atoms with Gasteiger partial charge in [0.15, 0.2) is 0 Å². The maximum absolute atomic E-state index is 13.7. The highest BCUT2D eigenvalue weighted by molar-refractivity contribution is 8.00. The molecule has 0 spiro atoms. The third-order valence-corrected chi connectivity index (χ3v) is 5.12. The van der Waals surface area contributed by atoms with Crippen molar-refractivity contribution < 1.29 is 13.9 Å². The zero-order chi connectivity index (χ0) is 19.9. The summed E-state index contributed by atoms with van der Waals surface area (Å²) >= 11 is 1.43. The lowest BCUT2D eigenvalue weighted by Crippen LogP contribution is -2.32. The molecule has 1 amide bonds. The number of amides is 1. The van der Waals surface area contributed by atoms with Crippen molar-refractivity contribution in [3.8, 4) is 5.75 Å². The van der Waals surface area contributed by atoms with Crippen molar-refractivity contribution >= 4 is 17.7 Å². The number of thioether (sulfide) groups is 1.